The molecule has 1 aliphatic heterocycles. The molecule has 2 unspecified atom stereocenters. The van der Waals surface area contributed by atoms with Crippen molar-refractivity contribution in [2.24, 2.45) is 11.8 Å². The number of aromatic nitrogens is 1. The van der Waals surface area contributed by atoms with Crippen molar-refractivity contribution < 1.29 is 24.2 Å². The number of hydrogen-bond acceptors (Lipinski definition) is 4. The highest BCUT2D eigenvalue weighted by Gasteiger charge is 2.46. The summed E-state index contributed by atoms with van der Waals surface area (Å²) >= 11 is 0. The van der Waals surface area contributed by atoms with Gasteiger partial charge in [-0.05, 0) is 70.2 Å². The number of nitrogens with one attached hydrogen (secondary N) is 2. The standard InChI is InChI=1S/C25H35N3O3.CH2O2/c1-16-14-18-15-19(10-11-21(18)26-16)27-23(29)22-20(17-8-6-5-7-9-17)12-13-28(22)24(30)31-25(2,3)4;2-1-3/h10-11,14-15,17,20,22,26H,5-9,12-13H2,1-4H3,(H,27,29);1H,(H,2,3). The molecule has 2 aliphatic rings. The maximum atomic E-state index is 13.5. The minimum atomic E-state index is -0.585. The third-order valence-corrected chi connectivity index (χ3v) is 6.62. The number of nitrogens with zero attached hydrogens (tertiary/aromatic N) is 1. The number of H-pyrrole nitrogens is 1. The van der Waals surface area contributed by atoms with Gasteiger partial charge in [-0.3, -0.25) is 14.5 Å². The fraction of sp³-hybridized carbons (Fsp3) is 0.577. The van der Waals surface area contributed by atoms with Crippen LogP contribution in [0.1, 0.15) is 65.0 Å². The average molecular weight is 472 g/mol. The van der Waals surface area contributed by atoms with Crippen LogP contribution in [0.2, 0.25) is 0 Å². The van der Waals surface area contributed by atoms with Crippen LogP contribution in [0.4, 0.5) is 10.5 Å². The Labute approximate surface area is 201 Å². The number of aromatic amines is 1. The molecule has 1 aromatic heterocycles. The summed E-state index contributed by atoms with van der Waals surface area (Å²) in [5.41, 5.74) is 2.31. The summed E-state index contributed by atoms with van der Waals surface area (Å²) in [6.07, 6.45) is 6.46. The van der Waals surface area contributed by atoms with Crippen LogP contribution in [-0.2, 0) is 14.3 Å². The summed E-state index contributed by atoms with van der Waals surface area (Å²) in [5, 5.41) is 11.1. The molecule has 2 aromatic rings. The van der Waals surface area contributed by atoms with Gasteiger partial charge in [-0.2, -0.15) is 0 Å². The monoisotopic (exact) mass is 471 g/mol. The van der Waals surface area contributed by atoms with E-state index in [2.05, 4.69) is 16.4 Å². The minimum Gasteiger partial charge on any atom is -0.483 e. The molecule has 1 aromatic carbocycles. The molecule has 186 valence electrons. The SMILES string of the molecule is Cc1cc2cc(NC(=O)C3C(C4CCCCC4)CCN3C(=O)OC(C)(C)C)ccc2[nH]1.O=CO. The van der Waals surface area contributed by atoms with Crippen LogP contribution in [-0.4, -0.2) is 51.7 Å². The molecule has 3 N–H and O–H groups in total. The Bertz CT molecular complexity index is 1000. The van der Waals surface area contributed by atoms with Crippen LogP contribution in [0, 0.1) is 18.8 Å². The molecule has 8 heteroatoms. The van der Waals surface area contributed by atoms with E-state index in [-0.39, 0.29) is 24.4 Å². The molecule has 2 amide bonds. The molecule has 2 atom stereocenters. The van der Waals surface area contributed by atoms with E-state index in [1.807, 2.05) is 45.9 Å². The average Bonchev–Trinajstić information content (AvgIpc) is 3.36. The quantitative estimate of drug-likeness (QED) is 0.525. The summed E-state index contributed by atoms with van der Waals surface area (Å²) in [7, 11) is 0. The predicted octanol–water partition coefficient (Wildman–Crippen LogP) is 5.32. The number of anilines is 1. The van der Waals surface area contributed by atoms with E-state index in [0.717, 1.165) is 41.5 Å². The van der Waals surface area contributed by atoms with Gasteiger partial charge in [0.1, 0.15) is 11.6 Å². The van der Waals surface area contributed by atoms with Gasteiger partial charge in [0.2, 0.25) is 5.91 Å². The van der Waals surface area contributed by atoms with E-state index in [1.165, 1.54) is 19.3 Å². The Morgan fingerprint density at radius 2 is 1.82 bits per heavy atom. The van der Waals surface area contributed by atoms with Crippen LogP contribution in [0.25, 0.3) is 10.9 Å². The number of amides is 2. The Morgan fingerprint density at radius 3 is 2.47 bits per heavy atom. The summed E-state index contributed by atoms with van der Waals surface area (Å²) in [6.45, 7) is 7.93. The molecule has 2 fully saturated rings. The zero-order valence-corrected chi connectivity index (χ0v) is 20.6. The fourth-order valence-electron chi connectivity index (χ4n) is 5.31. The summed E-state index contributed by atoms with van der Waals surface area (Å²) in [6, 6.07) is 7.47. The second-order valence-corrected chi connectivity index (χ2v) is 10.3. The second kappa shape index (κ2) is 10.9. The van der Waals surface area contributed by atoms with E-state index >= 15 is 0 Å². The molecule has 1 saturated carbocycles. The van der Waals surface area contributed by atoms with Crippen molar-refractivity contribution in [3.05, 3.63) is 30.0 Å². The van der Waals surface area contributed by atoms with Gasteiger partial charge in [0.25, 0.3) is 6.47 Å². The third-order valence-electron chi connectivity index (χ3n) is 6.62. The molecule has 0 radical (unpaired) electrons. The lowest BCUT2D eigenvalue weighted by Crippen LogP contribution is -2.49. The largest absolute Gasteiger partial charge is 0.483 e. The first kappa shape index (κ1) is 25.6. The molecule has 34 heavy (non-hydrogen) atoms. The van der Waals surface area contributed by atoms with Crippen molar-refractivity contribution in [1.29, 1.82) is 0 Å². The van der Waals surface area contributed by atoms with Gasteiger partial charge in [0, 0.05) is 28.8 Å². The van der Waals surface area contributed by atoms with Gasteiger partial charge in [0.15, 0.2) is 0 Å². The molecular formula is C26H37N3O5. The van der Waals surface area contributed by atoms with Crippen molar-refractivity contribution in [1.82, 2.24) is 9.88 Å². The number of ether oxygens (including phenoxy) is 1. The lowest BCUT2D eigenvalue weighted by atomic mass is 9.76. The first-order valence-electron chi connectivity index (χ1n) is 12.1. The van der Waals surface area contributed by atoms with Crippen molar-refractivity contribution in [2.75, 3.05) is 11.9 Å². The Balaban J connectivity index is 0.00000103. The molecule has 4 rings (SSSR count). The van der Waals surface area contributed by atoms with Crippen LogP contribution < -0.4 is 5.32 Å². The van der Waals surface area contributed by atoms with Gasteiger partial charge >= 0.3 is 6.09 Å². The van der Waals surface area contributed by atoms with Crippen molar-refractivity contribution in [3.63, 3.8) is 0 Å². The maximum absolute atomic E-state index is 13.5. The summed E-state index contributed by atoms with van der Waals surface area (Å²) < 4.78 is 5.65. The zero-order chi connectivity index (χ0) is 24.9. The topological polar surface area (TPSA) is 112 Å². The van der Waals surface area contributed by atoms with Crippen LogP contribution >= 0.6 is 0 Å². The lowest BCUT2D eigenvalue weighted by Gasteiger charge is -2.34. The molecule has 0 bridgehead atoms. The first-order valence-corrected chi connectivity index (χ1v) is 12.1. The number of rotatable bonds is 3. The highest BCUT2D eigenvalue weighted by molar-refractivity contribution is 5.99. The van der Waals surface area contributed by atoms with Crippen LogP contribution in [0.5, 0.6) is 0 Å². The Kier molecular flexibility index (Phi) is 8.23. The number of carboxylic acid groups (broad SMARTS) is 1. The second-order valence-electron chi connectivity index (χ2n) is 10.3. The lowest BCUT2D eigenvalue weighted by molar-refractivity contribution is -0.123. The van der Waals surface area contributed by atoms with Crippen molar-refractivity contribution in [2.45, 2.75) is 77.9 Å². The normalized spacial score (nSPS) is 21.0. The Morgan fingerprint density at radius 1 is 1.15 bits per heavy atom. The smallest absolute Gasteiger partial charge is 0.410 e. The summed E-state index contributed by atoms with van der Waals surface area (Å²) in [4.78, 5) is 39.8. The van der Waals surface area contributed by atoms with Gasteiger partial charge < -0.3 is 20.1 Å². The highest BCUT2D eigenvalue weighted by atomic mass is 16.6. The molecule has 0 spiro atoms. The highest BCUT2D eigenvalue weighted by Crippen LogP contribution is 2.40. The van der Waals surface area contributed by atoms with E-state index in [0.29, 0.717) is 12.5 Å². The molecule has 8 nitrogen and oxygen atoms in total. The third kappa shape index (κ3) is 6.30. The van der Waals surface area contributed by atoms with E-state index in [1.54, 1.807) is 4.90 Å². The molecule has 1 aliphatic carbocycles. The van der Waals surface area contributed by atoms with E-state index in [9.17, 15) is 9.59 Å². The predicted molar refractivity (Wildman–Crippen MR) is 132 cm³/mol. The van der Waals surface area contributed by atoms with Gasteiger partial charge in [-0.15, -0.1) is 0 Å². The number of aryl methyl sites for hydroxylation is 1. The summed E-state index contributed by atoms with van der Waals surface area (Å²) in [5.74, 6) is 0.573. The van der Waals surface area contributed by atoms with Gasteiger partial charge in [-0.1, -0.05) is 32.1 Å². The maximum Gasteiger partial charge on any atom is 0.410 e. The van der Waals surface area contributed by atoms with Gasteiger partial charge in [0.05, 0.1) is 0 Å². The van der Waals surface area contributed by atoms with Crippen LogP contribution in [0.15, 0.2) is 24.3 Å². The number of carbonyl (C=O) groups is 3. The number of fused-ring (bicyclic) bond motifs is 1. The number of likely N-dealkylation sites (tertiary alicyclic amines) is 1. The van der Waals surface area contributed by atoms with Gasteiger partial charge in [-0.25, -0.2) is 4.79 Å². The molecule has 2 heterocycles. The van der Waals surface area contributed by atoms with E-state index in [4.69, 9.17) is 14.6 Å². The van der Waals surface area contributed by atoms with Crippen molar-refractivity contribution >= 4 is 35.1 Å². The van der Waals surface area contributed by atoms with Crippen molar-refractivity contribution in [3.8, 4) is 0 Å². The van der Waals surface area contributed by atoms with E-state index < -0.39 is 11.6 Å². The zero-order valence-electron chi connectivity index (χ0n) is 20.6. The molecule has 1 saturated heterocycles. The van der Waals surface area contributed by atoms with Crippen LogP contribution in [0.3, 0.4) is 0 Å². The number of carbonyl (C=O) groups excluding carboxylic acids is 2. The Hall–Kier alpha value is -3.03. The fourth-order valence-corrected chi connectivity index (χ4v) is 5.31. The number of benzene rings is 1. The number of hydrogen-bond donors (Lipinski definition) is 3. The first-order chi connectivity index (χ1) is 16.1. The minimum absolute atomic E-state index is 0.106. The molecular weight excluding hydrogens is 434 g/mol.